The van der Waals surface area contributed by atoms with E-state index in [4.69, 9.17) is 5.73 Å². The van der Waals surface area contributed by atoms with Gasteiger partial charge in [-0.05, 0) is 25.1 Å². The van der Waals surface area contributed by atoms with Gasteiger partial charge in [-0.2, -0.15) is 4.72 Å². The normalized spacial score (nSPS) is 11.1. The molecule has 0 radical (unpaired) electrons. The van der Waals surface area contributed by atoms with Crippen molar-refractivity contribution in [3.63, 3.8) is 0 Å². The van der Waals surface area contributed by atoms with Gasteiger partial charge >= 0.3 is 5.97 Å². The summed E-state index contributed by atoms with van der Waals surface area (Å²) >= 11 is 4.62. The molecular formula is C11H13FN2O4S2. The maximum Gasteiger partial charge on any atom is 0.321 e. The third kappa shape index (κ3) is 4.22. The first kappa shape index (κ1) is 16.5. The lowest BCUT2D eigenvalue weighted by atomic mass is 10.2. The lowest BCUT2D eigenvalue weighted by Crippen LogP contribution is -2.31. The fourth-order valence-electron chi connectivity index (χ4n) is 1.31. The van der Waals surface area contributed by atoms with Crippen molar-refractivity contribution in [3.8, 4) is 0 Å². The SMILES string of the molecule is CCOC(=O)CNS(=O)(=O)c1ccc(F)c(C(N)=S)c1. The first-order valence-corrected chi connectivity index (χ1v) is 7.41. The molecule has 0 aliphatic heterocycles. The van der Waals surface area contributed by atoms with Crippen LogP contribution in [0.15, 0.2) is 23.1 Å². The molecule has 9 heteroatoms. The number of rotatable bonds is 6. The third-order valence-corrected chi connectivity index (χ3v) is 3.84. The number of nitrogens with one attached hydrogen (secondary N) is 1. The molecule has 0 fully saturated rings. The molecule has 1 aromatic carbocycles. The van der Waals surface area contributed by atoms with E-state index in [0.717, 1.165) is 18.2 Å². The number of sulfonamides is 1. The van der Waals surface area contributed by atoms with E-state index in [0.29, 0.717) is 0 Å². The maximum atomic E-state index is 13.4. The lowest BCUT2D eigenvalue weighted by molar-refractivity contribution is -0.141. The number of nitrogens with two attached hydrogens (primary N) is 1. The second-order valence-corrected chi connectivity index (χ2v) is 5.84. The number of benzene rings is 1. The molecule has 6 nitrogen and oxygen atoms in total. The van der Waals surface area contributed by atoms with Crippen molar-refractivity contribution in [1.82, 2.24) is 4.72 Å². The summed E-state index contributed by atoms with van der Waals surface area (Å²) in [6, 6.07) is 2.99. The summed E-state index contributed by atoms with van der Waals surface area (Å²) in [6.45, 7) is 1.22. The molecule has 1 rings (SSSR count). The maximum absolute atomic E-state index is 13.4. The monoisotopic (exact) mass is 320 g/mol. The van der Waals surface area contributed by atoms with Crippen LogP contribution in [0.5, 0.6) is 0 Å². The average Bonchev–Trinajstić information content (AvgIpc) is 2.37. The highest BCUT2D eigenvalue weighted by atomic mass is 32.2. The molecule has 0 saturated heterocycles. The molecule has 3 N–H and O–H groups in total. The summed E-state index contributed by atoms with van der Waals surface area (Å²) in [5, 5.41) is 0. The average molecular weight is 320 g/mol. The second-order valence-electron chi connectivity index (χ2n) is 3.64. The number of halogens is 1. The van der Waals surface area contributed by atoms with E-state index in [1.165, 1.54) is 0 Å². The number of ether oxygens (including phenoxy) is 1. The number of hydrogen-bond acceptors (Lipinski definition) is 5. The summed E-state index contributed by atoms with van der Waals surface area (Å²) in [4.78, 5) is 10.6. The number of hydrogen-bond donors (Lipinski definition) is 2. The van der Waals surface area contributed by atoms with Crippen molar-refractivity contribution in [2.75, 3.05) is 13.2 Å². The Morgan fingerprint density at radius 3 is 2.70 bits per heavy atom. The largest absolute Gasteiger partial charge is 0.465 e. The molecule has 110 valence electrons. The first-order valence-electron chi connectivity index (χ1n) is 5.52. The van der Waals surface area contributed by atoms with E-state index >= 15 is 0 Å². The topological polar surface area (TPSA) is 98.5 Å². The summed E-state index contributed by atoms with van der Waals surface area (Å²) in [5.41, 5.74) is 5.11. The van der Waals surface area contributed by atoms with E-state index < -0.39 is 28.4 Å². The Morgan fingerprint density at radius 1 is 1.50 bits per heavy atom. The van der Waals surface area contributed by atoms with E-state index in [1.54, 1.807) is 6.92 Å². The molecule has 1 aromatic rings. The molecule has 0 bridgehead atoms. The van der Waals surface area contributed by atoms with Crippen LogP contribution in [0.4, 0.5) is 4.39 Å². The fourth-order valence-corrected chi connectivity index (χ4v) is 2.46. The molecule has 0 atom stereocenters. The third-order valence-electron chi connectivity index (χ3n) is 2.23. The van der Waals surface area contributed by atoms with Crippen molar-refractivity contribution in [2.45, 2.75) is 11.8 Å². The van der Waals surface area contributed by atoms with E-state index in [-0.39, 0.29) is 22.1 Å². The molecule has 0 aliphatic carbocycles. The number of carbonyl (C=O) groups is 1. The van der Waals surface area contributed by atoms with Crippen LogP contribution in [-0.2, 0) is 19.6 Å². The zero-order valence-corrected chi connectivity index (χ0v) is 12.2. The highest BCUT2D eigenvalue weighted by molar-refractivity contribution is 7.89. The van der Waals surface area contributed by atoms with Gasteiger partial charge in [-0.15, -0.1) is 0 Å². The molecule has 0 spiro atoms. The van der Waals surface area contributed by atoms with E-state index in [1.807, 2.05) is 4.72 Å². The summed E-state index contributed by atoms with van der Waals surface area (Å²) in [6.07, 6.45) is 0. The molecular weight excluding hydrogens is 307 g/mol. The van der Waals surface area contributed by atoms with Crippen LogP contribution < -0.4 is 10.5 Å². The predicted octanol–water partition coefficient (Wildman–Crippen LogP) is 0.301. The van der Waals surface area contributed by atoms with Gasteiger partial charge in [-0.25, -0.2) is 12.8 Å². The molecule has 0 heterocycles. The van der Waals surface area contributed by atoms with Crippen LogP contribution in [0.2, 0.25) is 0 Å². The van der Waals surface area contributed by atoms with Gasteiger partial charge in [0, 0.05) is 5.56 Å². The van der Waals surface area contributed by atoms with Crippen LogP contribution in [0.3, 0.4) is 0 Å². The lowest BCUT2D eigenvalue weighted by Gasteiger charge is -2.08. The van der Waals surface area contributed by atoms with Crippen LogP contribution in [0, 0.1) is 5.82 Å². The number of thiocarbonyl (C=S) groups is 1. The molecule has 0 aromatic heterocycles. The highest BCUT2D eigenvalue weighted by Gasteiger charge is 2.18. The Kier molecular flexibility index (Phi) is 5.54. The van der Waals surface area contributed by atoms with E-state index in [9.17, 15) is 17.6 Å². The van der Waals surface area contributed by atoms with Crippen LogP contribution in [-0.4, -0.2) is 32.5 Å². The van der Waals surface area contributed by atoms with Gasteiger partial charge in [-0.3, -0.25) is 4.79 Å². The Balaban J connectivity index is 2.96. The Labute approximate surface area is 121 Å². The smallest absolute Gasteiger partial charge is 0.321 e. The summed E-state index contributed by atoms with van der Waals surface area (Å²) in [7, 11) is -3.98. The second kappa shape index (κ2) is 6.73. The van der Waals surface area contributed by atoms with Gasteiger partial charge in [-0.1, -0.05) is 12.2 Å². The summed E-state index contributed by atoms with van der Waals surface area (Å²) in [5.74, 6) is -1.44. The van der Waals surface area contributed by atoms with Gasteiger partial charge in [0.05, 0.1) is 11.5 Å². The van der Waals surface area contributed by atoms with Crippen molar-refractivity contribution >= 4 is 33.2 Å². The Hall–Kier alpha value is -1.58. The zero-order valence-electron chi connectivity index (χ0n) is 10.6. The quantitative estimate of drug-likeness (QED) is 0.578. The van der Waals surface area contributed by atoms with Crippen LogP contribution in [0.25, 0.3) is 0 Å². The number of carbonyl (C=O) groups excluding carboxylic acids is 1. The minimum atomic E-state index is -3.98. The van der Waals surface area contributed by atoms with Crippen LogP contribution in [0.1, 0.15) is 12.5 Å². The Bertz CT molecular complexity index is 631. The van der Waals surface area contributed by atoms with Crippen LogP contribution >= 0.6 is 12.2 Å². The Morgan fingerprint density at radius 2 is 2.15 bits per heavy atom. The van der Waals surface area contributed by atoms with Gasteiger partial charge in [0.25, 0.3) is 0 Å². The van der Waals surface area contributed by atoms with Gasteiger partial charge in [0.15, 0.2) is 0 Å². The van der Waals surface area contributed by atoms with Gasteiger partial charge < -0.3 is 10.5 Å². The minimum absolute atomic E-state index is 0.142. The summed E-state index contributed by atoms with van der Waals surface area (Å²) < 4.78 is 43.8. The van der Waals surface area contributed by atoms with Gasteiger partial charge in [0.1, 0.15) is 17.4 Å². The van der Waals surface area contributed by atoms with Crippen molar-refractivity contribution in [2.24, 2.45) is 5.73 Å². The zero-order chi connectivity index (χ0) is 15.3. The molecule has 0 saturated carbocycles. The molecule has 0 aliphatic rings. The highest BCUT2D eigenvalue weighted by Crippen LogP contribution is 2.15. The molecule has 20 heavy (non-hydrogen) atoms. The minimum Gasteiger partial charge on any atom is -0.465 e. The van der Waals surface area contributed by atoms with E-state index in [2.05, 4.69) is 17.0 Å². The van der Waals surface area contributed by atoms with Crippen molar-refractivity contribution in [1.29, 1.82) is 0 Å². The van der Waals surface area contributed by atoms with Gasteiger partial charge in [0.2, 0.25) is 10.0 Å². The van der Waals surface area contributed by atoms with Crippen molar-refractivity contribution < 1.29 is 22.3 Å². The molecule has 0 amide bonds. The molecule has 0 unspecified atom stereocenters. The fraction of sp³-hybridized carbons (Fsp3) is 0.273. The van der Waals surface area contributed by atoms with Crippen molar-refractivity contribution in [3.05, 3.63) is 29.6 Å². The predicted molar refractivity (Wildman–Crippen MR) is 74.1 cm³/mol. The number of esters is 1. The standard InChI is InChI=1S/C11H13FN2O4S2/c1-2-18-10(15)6-14-20(16,17)7-3-4-9(12)8(5-7)11(13)19/h3-5,14H,2,6H2,1H3,(H2,13,19). The first-order chi connectivity index (χ1) is 9.27.